The van der Waals surface area contributed by atoms with Crippen molar-refractivity contribution >= 4 is 11.9 Å². The number of hydrogen-bond donors (Lipinski definition) is 1. The summed E-state index contributed by atoms with van der Waals surface area (Å²) in [6.45, 7) is 4.54. The van der Waals surface area contributed by atoms with Gasteiger partial charge in [0, 0.05) is 44.0 Å². The van der Waals surface area contributed by atoms with E-state index in [1.54, 1.807) is 6.20 Å². The van der Waals surface area contributed by atoms with E-state index >= 15 is 0 Å². The molecule has 9 heteroatoms. The summed E-state index contributed by atoms with van der Waals surface area (Å²) in [5.74, 6) is 0.880. The lowest BCUT2D eigenvalue weighted by Crippen LogP contribution is -2.63. The van der Waals surface area contributed by atoms with Crippen LogP contribution in [-0.4, -0.2) is 76.6 Å². The van der Waals surface area contributed by atoms with Gasteiger partial charge in [0.05, 0.1) is 12.1 Å². The third kappa shape index (κ3) is 4.18. The van der Waals surface area contributed by atoms with Crippen molar-refractivity contribution in [3.05, 3.63) is 47.8 Å². The summed E-state index contributed by atoms with van der Waals surface area (Å²) in [6, 6.07) is 9.93. The number of piperidine rings is 1. The molecule has 1 aromatic heterocycles. The molecule has 0 saturated carbocycles. The highest BCUT2D eigenvalue weighted by Gasteiger charge is 2.40. The Balaban J connectivity index is 1.13. The molecule has 5 rings (SSSR count). The zero-order valence-corrected chi connectivity index (χ0v) is 17.4. The highest BCUT2D eigenvalue weighted by Crippen LogP contribution is 2.30. The van der Waals surface area contributed by atoms with Gasteiger partial charge in [0.2, 0.25) is 5.91 Å². The van der Waals surface area contributed by atoms with Crippen molar-refractivity contribution in [3.8, 4) is 11.8 Å². The van der Waals surface area contributed by atoms with Crippen LogP contribution < -0.4 is 10.1 Å². The van der Waals surface area contributed by atoms with Crippen LogP contribution in [0.15, 0.2) is 36.5 Å². The molecule has 4 heterocycles. The third-order valence-electron chi connectivity index (χ3n) is 6.08. The first-order valence-electron chi connectivity index (χ1n) is 10.6. The van der Waals surface area contributed by atoms with Crippen LogP contribution in [-0.2, 0) is 9.53 Å². The SMILES string of the molecule is Cc1ccnc(Oc2ccc(C3CN(C(=O)N4CCC5OCC(=O)N[C@@H]5C4)C3)cc2)n1. The van der Waals surface area contributed by atoms with Gasteiger partial charge in [-0.25, -0.2) is 14.8 Å². The molecule has 3 saturated heterocycles. The van der Waals surface area contributed by atoms with Crippen molar-refractivity contribution in [2.45, 2.75) is 31.4 Å². The highest BCUT2D eigenvalue weighted by molar-refractivity contribution is 5.79. The van der Waals surface area contributed by atoms with Gasteiger partial charge in [0.25, 0.3) is 0 Å². The third-order valence-corrected chi connectivity index (χ3v) is 6.08. The first kappa shape index (κ1) is 19.7. The molecule has 3 fully saturated rings. The molecular formula is C22H25N5O4. The number of ether oxygens (including phenoxy) is 2. The first-order chi connectivity index (χ1) is 15.0. The van der Waals surface area contributed by atoms with E-state index in [2.05, 4.69) is 15.3 Å². The maximum atomic E-state index is 12.9. The summed E-state index contributed by atoms with van der Waals surface area (Å²) in [6.07, 6.45) is 2.43. The molecule has 1 N–H and O–H groups in total. The lowest BCUT2D eigenvalue weighted by atomic mass is 9.91. The lowest BCUT2D eigenvalue weighted by Gasteiger charge is -2.46. The van der Waals surface area contributed by atoms with E-state index in [1.807, 2.05) is 47.1 Å². The summed E-state index contributed by atoms with van der Waals surface area (Å²) in [5.41, 5.74) is 2.02. The van der Waals surface area contributed by atoms with Crippen LogP contribution >= 0.6 is 0 Å². The summed E-state index contributed by atoms with van der Waals surface area (Å²) >= 11 is 0. The van der Waals surface area contributed by atoms with Crippen molar-refractivity contribution in [3.63, 3.8) is 0 Å². The number of nitrogens with one attached hydrogen (secondary N) is 1. The number of nitrogens with zero attached hydrogens (tertiary/aromatic N) is 4. The van der Waals surface area contributed by atoms with Crippen LogP contribution in [0, 0.1) is 6.92 Å². The number of urea groups is 1. The van der Waals surface area contributed by atoms with E-state index in [0.717, 1.165) is 12.1 Å². The number of aryl methyl sites for hydroxylation is 1. The fourth-order valence-corrected chi connectivity index (χ4v) is 4.31. The van der Waals surface area contributed by atoms with E-state index in [1.165, 1.54) is 5.56 Å². The number of aromatic nitrogens is 2. The Labute approximate surface area is 180 Å². The Hall–Kier alpha value is -3.20. The number of amides is 3. The zero-order chi connectivity index (χ0) is 21.4. The van der Waals surface area contributed by atoms with Gasteiger partial charge >= 0.3 is 12.0 Å². The van der Waals surface area contributed by atoms with Crippen LogP contribution in [0.3, 0.4) is 0 Å². The summed E-state index contributed by atoms with van der Waals surface area (Å²) in [5, 5.41) is 2.94. The van der Waals surface area contributed by atoms with Crippen molar-refractivity contribution < 1.29 is 19.1 Å². The van der Waals surface area contributed by atoms with Crippen LogP contribution in [0.1, 0.15) is 23.6 Å². The second-order valence-electron chi connectivity index (χ2n) is 8.29. The Morgan fingerprint density at radius 1 is 1.16 bits per heavy atom. The average molecular weight is 423 g/mol. The number of hydrogen-bond acceptors (Lipinski definition) is 6. The Kier molecular flexibility index (Phi) is 5.19. The molecule has 31 heavy (non-hydrogen) atoms. The molecular weight excluding hydrogens is 398 g/mol. The average Bonchev–Trinajstić information content (AvgIpc) is 2.73. The largest absolute Gasteiger partial charge is 0.424 e. The number of morpholine rings is 1. The zero-order valence-electron chi connectivity index (χ0n) is 17.4. The lowest BCUT2D eigenvalue weighted by molar-refractivity contribution is -0.139. The van der Waals surface area contributed by atoms with Gasteiger partial charge in [0.1, 0.15) is 12.4 Å². The van der Waals surface area contributed by atoms with E-state index in [9.17, 15) is 9.59 Å². The minimum Gasteiger partial charge on any atom is -0.424 e. The van der Waals surface area contributed by atoms with Gasteiger partial charge in [-0.05, 0) is 37.1 Å². The minimum absolute atomic E-state index is 0.0109. The van der Waals surface area contributed by atoms with Crippen LogP contribution in [0.25, 0.3) is 0 Å². The molecule has 3 aliphatic heterocycles. The van der Waals surface area contributed by atoms with E-state index in [4.69, 9.17) is 9.47 Å². The predicted molar refractivity (Wildman–Crippen MR) is 111 cm³/mol. The van der Waals surface area contributed by atoms with Crippen LogP contribution in [0.4, 0.5) is 4.79 Å². The molecule has 9 nitrogen and oxygen atoms in total. The smallest absolute Gasteiger partial charge is 0.322 e. The second-order valence-corrected chi connectivity index (χ2v) is 8.29. The molecule has 0 aliphatic carbocycles. The molecule has 1 aromatic carbocycles. The van der Waals surface area contributed by atoms with E-state index < -0.39 is 0 Å². The van der Waals surface area contributed by atoms with Gasteiger partial charge in [-0.2, -0.15) is 0 Å². The number of fused-ring (bicyclic) bond motifs is 1. The fraction of sp³-hybridized carbons (Fsp3) is 0.455. The summed E-state index contributed by atoms with van der Waals surface area (Å²) < 4.78 is 11.3. The second kappa shape index (κ2) is 8.14. The van der Waals surface area contributed by atoms with Gasteiger partial charge in [-0.1, -0.05) is 12.1 Å². The molecule has 2 aromatic rings. The molecule has 3 amide bonds. The Morgan fingerprint density at radius 3 is 2.74 bits per heavy atom. The van der Waals surface area contributed by atoms with Crippen molar-refractivity contribution in [1.29, 1.82) is 0 Å². The van der Waals surface area contributed by atoms with Crippen LogP contribution in [0.2, 0.25) is 0 Å². The maximum absolute atomic E-state index is 12.9. The number of carbonyl (C=O) groups excluding carboxylic acids is 2. The van der Waals surface area contributed by atoms with Gasteiger partial charge in [-0.3, -0.25) is 4.79 Å². The first-order valence-corrected chi connectivity index (χ1v) is 10.6. The van der Waals surface area contributed by atoms with Gasteiger partial charge in [0.15, 0.2) is 0 Å². The molecule has 162 valence electrons. The Morgan fingerprint density at radius 2 is 1.97 bits per heavy atom. The highest BCUT2D eigenvalue weighted by atomic mass is 16.5. The van der Waals surface area contributed by atoms with Crippen LogP contribution in [0.5, 0.6) is 11.8 Å². The molecule has 0 spiro atoms. The Bertz CT molecular complexity index is 976. The number of carbonyl (C=O) groups is 2. The molecule has 0 bridgehead atoms. The van der Waals surface area contributed by atoms with Crippen molar-refractivity contribution in [1.82, 2.24) is 25.1 Å². The molecule has 2 atom stereocenters. The predicted octanol–water partition coefficient (Wildman–Crippen LogP) is 1.69. The van der Waals surface area contributed by atoms with Crippen molar-refractivity contribution in [2.75, 3.05) is 32.8 Å². The molecule has 1 unspecified atom stereocenters. The summed E-state index contributed by atoms with van der Waals surface area (Å²) in [7, 11) is 0. The topological polar surface area (TPSA) is 96.9 Å². The van der Waals surface area contributed by atoms with E-state index in [0.29, 0.717) is 43.9 Å². The molecule has 0 radical (unpaired) electrons. The number of likely N-dealkylation sites (tertiary alicyclic amines) is 2. The fourth-order valence-electron chi connectivity index (χ4n) is 4.31. The van der Waals surface area contributed by atoms with Gasteiger partial charge in [-0.15, -0.1) is 0 Å². The summed E-state index contributed by atoms with van der Waals surface area (Å²) in [4.78, 5) is 36.5. The minimum atomic E-state index is -0.110. The van der Waals surface area contributed by atoms with Gasteiger partial charge < -0.3 is 24.6 Å². The normalized spacial score (nSPS) is 23.6. The van der Waals surface area contributed by atoms with Crippen molar-refractivity contribution in [2.24, 2.45) is 0 Å². The number of rotatable bonds is 3. The standard InChI is InChI=1S/C22H25N5O4/c1-14-6-8-23-21(24-14)31-17-4-2-15(3-5-17)16-10-27(11-16)22(29)26-9-7-19-18(12-26)25-20(28)13-30-19/h2-6,8,16,18-19H,7,9-13H2,1H3,(H,25,28)/t18-,19?/m1/s1. The monoisotopic (exact) mass is 423 g/mol. The quantitative estimate of drug-likeness (QED) is 0.807. The number of benzene rings is 1. The maximum Gasteiger partial charge on any atom is 0.322 e. The van der Waals surface area contributed by atoms with E-state index in [-0.39, 0.29) is 30.7 Å². The molecule has 3 aliphatic rings.